The van der Waals surface area contributed by atoms with Crippen molar-refractivity contribution >= 4 is 22.4 Å². The van der Waals surface area contributed by atoms with Gasteiger partial charge in [0.1, 0.15) is 5.75 Å². The van der Waals surface area contributed by atoms with Crippen LogP contribution in [0.15, 0.2) is 35.8 Å². The van der Waals surface area contributed by atoms with E-state index in [-0.39, 0.29) is 5.91 Å². The van der Waals surface area contributed by atoms with Crippen molar-refractivity contribution in [2.24, 2.45) is 0 Å². The minimum Gasteiger partial charge on any atom is -0.497 e. The standard InChI is InChI=1S/C16H19N3O2S/c1-21-14-6-2-4-12(10-14)15(20)18-11-13-5-3-8-19(13)16-17-7-9-22-16/h2,4,6-7,9-10,13H,3,5,8,11H2,1H3,(H,18,20). The molecule has 3 rings (SSSR count). The fraction of sp³-hybridized carbons (Fsp3) is 0.375. The molecule has 1 aliphatic heterocycles. The molecule has 6 heteroatoms. The fourth-order valence-electron chi connectivity index (χ4n) is 2.73. The van der Waals surface area contributed by atoms with Crippen LogP contribution in [0.25, 0.3) is 0 Å². The Morgan fingerprint density at radius 1 is 1.55 bits per heavy atom. The molecule has 2 heterocycles. The second-order valence-electron chi connectivity index (χ2n) is 5.25. The fourth-order valence-corrected chi connectivity index (χ4v) is 3.48. The maximum Gasteiger partial charge on any atom is 0.251 e. The van der Waals surface area contributed by atoms with Crippen molar-refractivity contribution in [3.05, 3.63) is 41.4 Å². The quantitative estimate of drug-likeness (QED) is 0.921. The molecule has 0 saturated carbocycles. The van der Waals surface area contributed by atoms with Crippen molar-refractivity contribution in [1.82, 2.24) is 10.3 Å². The van der Waals surface area contributed by atoms with Crippen LogP contribution in [0.5, 0.6) is 5.75 Å². The largest absolute Gasteiger partial charge is 0.497 e. The summed E-state index contributed by atoms with van der Waals surface area (Å²) in [7, 11) is 1.60. The van der Waals surface area contributed by atoms with Gasteiger partial charge in [0.05, 0.1) is 7.11 Å². The summed E-state index contributed by atoms with van der Waals surface area (Å²) in [4.78, 5) is 18.9. The van der Waals surface area contributed by atoms with Gasteiger partial charge in [-0.3, -0.25) is 4.79 Å². The van der Waals surface area contributed by atoms with Gasteiger partial charge in [0, 0.05) is 36.3 Å². The van der Waals surface area contributed by atoms with Gasteiger partial charge in [0.15, 0.2) is 5.13 Å². The van der Waals surface area contributed by atoms with Gasteiger partial charge < -0.3 is 15.0 Å². The van der Waals surface area contributed by atoms with E-state index in [0.717, 1.165) is 24.5 Å². The number of anilines is 1. The number of carbonyl (C=O) groups is 1. The lowest BCUT2D eigenvalue weighted by atomic mass is 10.2. The Bertz CT molecular complexity index is 630. The second kappa shape index (κ2) is 6.79. The molecule has 1 aliphatic rings. The molecule has 5 nitrogen and oxygen atoms in total. The Labute approximate surface area is 133 Å². The molecule has 1 saturated heterocycles. The average Bonchev–Trinajstić information content (AvgIpc) is 3.23. The van der Waals surface area contributed by atoms with Crippen LogP contribution in [-0.2, 0) is 0 Å². The summed E-state index contributed by atoms with van der Waals surface area (Å²) in [5.74, 6) is 0.628. The number of aromatic nitrogens is 1. The Balaban J connectivity index is 1.60. The van der Waals surface area contributed by atoms with Crippen LogP contribution >= 0.6 is 11.3 Å². The SMILES string of the molecule is COc1cccc(C(=O)NCC2CCCN2c2nccs2)c1. The Morgan fingerprint density at radius 3 is 3.23 bits per heavy atom. The van der Waals surface area contributed by atoms with E-state index in [4.69, 9.17) is 4.74 Å². The number of carbonyl (C=O) groups excluding carboxylic acids is 1. The van der Waals surface area contributed by atoms with Gasteiger partial charge >= 0.3 is 0 Å². The third kappa shape index (κ3) is 3.22. The molecule has 1 aromatic heterocycles. The van der Waals surface area contributed by atoms with Gasteiger partial charge in [-0.05, 0) is 31.0 Å². The molecule has 1 fully saturated rings. The van der Waals surface area contributed by atoms with E-state index < -0.39 is 0 Å². The smallest absolute Gasteiger partial charge is 0.251 e. The number of methoxy groups -OCH3 is 1. The van der Waals surface area contributed by atoms with Crippen molar-refractivity contribution in [2.75, 3.05) is 25.1 Å². The molecule has 22 heavy (non-hydrogen) atoms. The molecule has 0 bridgehead atoms. The lowest BCUT2D eigenvalue weighted by Gasteiger charge is -2.24. The highest BCUT2D eigenvalue weighted by atomic mass is 32.1. The minimum atomic E-state index is -0.0649. The highest BCUT2D eigenvalue weighted by Gasteiger charge is 2.26. The number of hydrogen-bond donors (Lipinski definition) is 1. The summed E-state index contributed by atoms with van der Waals surface area (Å²) in [6.45, 7) is 1.64. The van der Waals surface area contributed by atoms with Crippen LogP contribution in [0.4, 0.5) is 5.13 Å². The molecule has 1 aromatic carbocycles. The predicted molar refractivity (Wildman–Crippen MR) is 87.8 cm³/mol. The van der Waals surface area contributed by atoms with Crippen LogP contribution in [-0.4, -0.2) is 37.1 Å². The summed E-state index contributed by atoms with van der Waals surface area (Å²) in [6.07, 6.45) is 4.04. The van der Waals surface area contributed by atoms with Crippen molar-refractivity contribution in [3.63, 3.8) is 0 Å². The molecule has 1 N–H and O–H groups in total. The third-order valence-corrected chi connectivity index (χ3v) is 4.68. The minimum absolute atomic E-state index is 0.0649. The van der Waals surface area contributed by atoms with Crippen molar-refractivity contribution in [2.45, 2.75) is 18.9 Å². The summed E-state index contributed by atoms with van der Waals surface area (Å²) >= 11 is 1.65. The number of ether oxygens (including phenoxy) is 1. The predicted octanol–water partition coefficient (Wildman–Crippen LogP) is 2.55. The first-order valence-corrected chi connectivity index (χ1v) is 8.24. The molecule has 1 atom stereocenters. The molecular weight excluding hydrogens is 298 g/mol. The molecule has 0 radical (unpaired) electrons. The topological polar surface area (TPSA) is 54.5 Å². The monoisotopic (exact) mass is 317 g/mol. The van der Waals surface area contributed by atoms with E-state index >= 15 is 0 Å². The highest BCUT2D eigenvalue weighted by Crippen LogP contribution is 2.26. The summed E-state index contributed by atoms with van der Waals surface area (Å²) in [6, 6.07) is 7.53. The Morgan fingerprint density at radius 2 is 2.45 bits per heavy atom. The zero-order chi connectivity index (χ0) is 15.4. The molecule has 0 spiro atoms. The Kier molecular flexibility index (Phi) is 4.58. The lowest BCUT2D eigenvalue weighted by molar-refractivity contribution is 0.0951. The van der Waals surface area contributed by atoms with Crippen LogP contribution in [0, 0.1) is 0 Å². The van der Waals surface area contributed by atoms with Gasteiger partial charge in [-0.15, -0.1) is 11.3 Å². The number of nitrogens with zero attached hydrogens (tertiary/aromatic N) is 2. The van der Waals surface area contributed by atoms with E-state index in [9.17, 15) is 4.79 Å². The normalized spacial score (nSPS) is 17.5. The molecule has 116 valence electrons. The first-order valence-electron chi connectivity index (χ1n) is 7.36. The van der Waals surface area contributed by atoms with Gasteiger partial charge in [-0.25, -0.2) is 4.98 Å². The van der Waals surface area contributed by atoms with E-state index in [2.05, 4.69) is 15.2 Å². The molecule has 2 aromatic rings. The molecule has 1 amide bonds. The number of hydrogen-bond acceptors (Lipinski definition) is 5. The van der Waals surface area contributed by atoms with Crippen LogP contribution in [0.3, 0.4) is 0 Å². The molecule has 1 unspecified atom stereocenters. The maximum absolute atomic E-state index is 12.3. The average molecular weight is 317 g/mol. The van der Waals surface area contributed by atoms with E-state index in [1.807, 2.05) is 23.7 Å². The number of rotatable bonds is 5. The van der Waals surface area contributed by atoms with Crippen molar-refractivity contribution in [3.8, 4) is 5.75 Å². The number of benzene rings is 1. The van der Waals surface area contributed by atoms with Gasteiger partial charge in [-0.1, -0.05) is 6.07 Å². The molecule has 0 aliphatic carbocycles. The zero-order valence-corrected chi connectivity index (χ0v) is 13.3. The number of nitrogens with one attached hydrogen (secondary N) is 1. The zero-order valence-electron chi connectivity index (χ0n) is 12.5. The van der Waals surface area contributed by atoms with Crippen molar-refractivity contribution < 1.29 is 9.53 Å². The van der Waals surface area contributed by atoms with Crippen LogP contribution in [0.2, 0.25) is 0 Å². The van der Waals surface area contributed by atoms with Crippen LogP contribution < -0.4 is 15.0 Å². The van der Waals surface area contributed by atoms with Gasteiger partial charge in [0.25, 0.3) is 5.91 Å². The van der Waals surface area contributed by atoms with E-state index in [1.54, 1.807) is 30.6 Å². The summed E-state index contributed by atoms with van der Waals surface area (Å²) in [5, 5.41) is 6.05. The third-order valence-electron chi connectivity index (χ3n) is 3.87. The highest BCUT2D eigenvalue weighted by molar-refractivity contribution is 7.13. The second-order valence-corrected chi connectivity index (χ2v) is 6.12. The number of amides is 1. The number of thiazole rings is 1. The van der Waals surface area contributed by atoms with Crippen molar-refractivity contribution in [1.29, 1.82) is 0 Å². The van der Waals surface area contributed by atoms with Gasteiger partial charge in [0.2, 0.25) is 0 Å². The van der Waals surface area contributed by atoms with E-state index in [0.29, 0.717) is 23.9 Å². The maximum atomic E-state index is 12.3. The summed E-state index contributed by atoms with van der Waals surface area (Å²) in [5.41, 5.74) is 0.623. The van der Waals surface area contributed by atoms with Gasteiger partial charge in [-0.2, -0.15) is 0 Å². The van der Waals surface area contributed by atoms with E-state index in [1.165, 1.54) is 0 Å². The van der Waals surface area contributed by atoms with Crippen LogP contribution in [0.1, 0.15) is 23.2 Å². The first kappa shape index (κ1) is 14.8. The Hall–Kier alpha value is -2.08. The molecular formula is C16H19N3O2S. The lowest BCUT2D eigenvalue weighted by Crippen LogP contribution is -2.40. The summed E-state index contributed by atoms with van der Waals surface area (Å²) < 4.78 is 5.15. The first-order chi connectivity index (χ1) is 10.8.